The van der Waals surface area contributed by atoms with Crippen molar-refractivity contribution >= 4 is 27.7 Å². The molecule has 0 radical (unpaired) electrons. The summed E-state index contributed by atoms with van der Waals surface area (Å²) in [6, 6.07) is 1.77. The molecule has 1 saturated heterocycles. The number of carbonyl (C=O) groups is 1. The second kappa shape index (κ2) is 5.64. The summed E-state index contributed by atoms with van der Waals surface area (Å²) in [5.74, 6) is 5.67. The topological polar surface area (TPSA) is 80.5 Å². The van der Waals surface area contributed by atoms with Crippen LogP contribution in [0.2, 0.25) is 0 Å². The van der Waals surface area contributed by atoms with Crippen molar-refractivity contribution in [2.45, 2.75) is 13.0 Å². The molecule has 6 nitrogen and oxygen atoms in total. The van der Waals surface area contributed by atoms with Gasteiger partial charge in [0.05, 0.1) is 24.8 Å². The zero-order chi connectivity index (χ0) is 13.1. The molecule has 98 valence electrons. The van der Waals surface area contributed by atoms with Crippen LogP contribution in [0.5, 0.6) is 0 Å². The van der Waals surface area contributed by atoms with Crippen molar-refractivity contribution in [3.05, 3.63) is 22.3 Å². The molecule has 18 heavy (non-hydrogen) atoms. The standard InChI is InChI=1S/C11H15BrN4O2/c1-7-6-18-3-2-16(7)11(17)9-4-8(12)5-14-10(9)15-13/h4-5,7H,2-3,6,13H2,1H3,(H,14,15). The number of hydrogen-bond donors (Lipinski definition) is 2. The van der Waals surface area contributed by atoms with Gasteiger partial charge in [-0.15, -0.1) is 0 Å². The third-order valence-electron chi connectivity index (χ3n) is 2.85. The van der Waals surface area contributed by atoms with Crippen LogP contribution in [-0.4, -0.2) is 41.6 Å². The predicted molar refractivity (Wildman–Crippen MR) is 71.1 cm³/mol. The first kappa shape index (κ1) is 13.3. The lowest BCUT2D eigenvalue weighted by Crippen LogP contribution is -2.47. The van der Waals surface area contributed by atoms with E-state index in [1.165, 1.54) is 0 Å². The van der Waals surface area contributed by atoms with Crippen molar-refractivity contribution in [2.75, 3.05) is 25.2 Å². The normalized spacial score (nSPS) is 19.7. The highest BCUT2D eigenvalue weighted by Gasteiger charge is 2.26. The van der Waals surface area contributed by atoms with E-state index in [1.54, 1.807) is 17.2 Å². The van der Waals surface area contributed by atoms with E-state index < -0.39 is 0 Å². The van der Waals surface area contributed by atoms with Gasteiger partial charge in [0, 0.05) is 17.2 Å². The van der Waals surface area contributed by atoms with Crippen molar-refractivity contribution in [1.29, 1.82) is 0 Å². The molecule has 2 rings (SSSR count). The summed E-state index contributed by atoms with van der Waals surface area (Å²) in [5, 5.41) is 0. The van der Waals surface area contributed by atoms with Crippen molar-refractivity contribution in [1.82, 2.24) is 9.88 Å². The van der Waals surface area contributed by atoms with Gasteiger partial charge in [0.15, 0.2) is 5.82 Å². The molecule has 1 aliphatic heterocycles. The maximum absolute atomic E-state index is 12.5. The molecule has 1 aromatic rings. The van der Waals surface area contributed by atoms with E-state index in [9.17, 15) is 4.79 Å². The molecular weight excluding hydrogens is 300 g/mol. The number of morpholine rings is 1. The quantitative estimate of drug-likeness (QED) is 0.628. The van der Waals surface area contributed by atoms with Gasteiger partial charge >= 0.3 is 0 Å². The molecule has 1 unspecified atom stereocenters. The second-order valence-electron chi connectivity index (χ2n) is 4.12. The fourth-order valence-corrected chi connectivity index (χ4v) is 2.23. The Hall–Kier alpha value is -1.18. The molecule has 0 saturated carbocycles. The van der Waals surface area contributed by atoms with Gasteiger partial charge in [0.2, 0.25) is 0 Å². The zero-order valence-corrected chi connectivity index (χ0v) is 11.6. The smallest absolute Gasteiger partial charge is 0.258 e. The van der Waals surface area contributed by atoms with Crippen LogP contribution in [0, 0.1) is 0 Å². The van der Waals surface area contributed by atoms with Crippen LogP contribution in [0.4, 0.5) is 5.82 Å². The highest BCUT2D eigenvalue weighted by atomic mass is 79.9. The fourth-order valence-electron chi connectivity index (χ4n) is 1.90. The van der Waals surface area contributed by atoms with Gasteiger partial charge in [-0.25, -0.2) is 10.8 Å². The number of nitrogens with one attached hydrogen (secondary N) is 1. The summed E-state index contributed by atoms with van der Waals surface area (Å²) in [4.78, 5) is 18.3. The molecule has 1 aromatic heterocycles. The highest BCUT2D eigenvalue weighted by Crippen LogP contribution is 2.21. The molecule has 1 amide bonds. The number of pyridine rings is 1. The Labute approximate surface area is 114 Å². The summed E-state index contributed by atoms with van der Waals surface area (Å²) in [7, 11) is 0. The first-order valence-electron chi connectivity index (χ1n) is 5.64. The average Bonchev–Trinajstić information content (AvgIpc) is 2.38. The average molecular weight is 315 g/mol. The van der Waals surface area contributed by atoms with Crippen LogP contribution in [0.25, 0.3) is 0 Å². The van der Waals surface area contributed by atoms with Gasteiger partial charge in [0.1, 0.15) is 0 Å². The van der Waals surface area contributed by atoms with Crippen LogP contribution in [-0.2, 0) is 4.74 Å². The number of hydrazine groups is 1. The van der Waals surface area contributed by atoms with Crippen molar-refractivity contribution in [3.63, 3.8) is 0 Å². The van der Waals surface area contributed by atoms with Crippen molar-refractivity contribution in [2.24, 2.45) is 5.84 Å². The molecular formula is C11H15BrN4O2. The van der Waals surface area contributed by atoms with E-state index in [4.69, 9.17) is 10.6 Å². The van der Waals surface area contributed by atoms with E-state index in [1.807, 2.05) is 6.92 Å². The number of nitrogens with zero attached hydrogens (tertiary/aromatic N) is 2. The zero-order valence-electron chi connectivity index (χ0n) is 10.0. The minimum Gasteiger partial charge on any atom is -0.377 e. The Morgan fingerprint density at radius 3 is 3.17 bits per heavy atom. The lowest BCUT2D eigenvalue weighted by molar-refractivity contribution is 0.00362. The predicted octanol–water partition coefficient (Wildman–Crippen LogP) is 0.991. The molecule has 0 aromatic carbocycles. The third-order valence-corrected chi connectivity index (χ3v) is 3.28. The number of anilines is 1. The third kappa shape index (κ3) is 2.63. The summed E-state index contributed by atoms with van der Waals surface area (Å²) in [6.45, 7) is 3.65. The minimum absolute atomic E-state index is 0.0517. The first-order valence-corrected chi connectivity index (χ1v) is 6.43. The number of nitrogen functional groups attached to an aromatic ring is 1. The SMILES string of the molecule is CC1COCCN1C(=O)c1cc(Br)cnc1NN. The molecule has 7 heteroatoms. The summed E-state index contributed by atoms with van der Waals surface area (Å²) in [5.41, 5.74) is 2.91. The summed E-state index contributed by atoms with van der Waals surface area (Å²) in [6.07, 6.45) is 1.59. The Morgan fingerprint density at radius 1 is 1.72 bits per heavy atom. The molecule has 3 N–H and O–H groups in total. The number of amides is 1. The Balaban J connectivity index is 2.29. The van der Waals surface area contributed by atoms with E-state index in [2.05, 4.69) is 26.3 Å². The maximum atomic E-state index is 12.5. The number of hydrogen-bond acceptors (Lipinski definition) is 5. The molecule has 1 aliphatic rings. The van der Waals surface area contributed by atoms with Gasteiger partial charge < -0.3 is 15.1 Å². The van der Waals surface area contributed by atoms with Gasteiger partial charge in [-0.3, -0.25) is 4.79 Å². The monoisotopic (exact) mass is 314 g/mol. The number of nitrogens with two attached hydrogens (primary N) is 1. The molecule has 2 heterocycles. The van der Waals surface area contributed by atoms with E-state index in [0.29, 0.717) is 31.1 Å². The van der Waals surface area contributed by atoms with Crippen LogP contribution in [0.15, 0.2) is 16.7 Å². The van der Waals surface area contributed by atoms with Gasteiger partial charge in [-0.2, -0.15) is 0 Å². The lowest BCUT2D eigenvalue weighted by atomic mass is 10.1. The van der Waals surface area contributed by atoms with Crippen LogP contribution >= 0.6 is 15.9 Å². The van der Waals surface area contributed by atoms with Crippen molar-refractivity contribution < 1.29 is 9.53 Å². The Morgan fingerprint density at radius 2 is 2.50 bits per heavy atom. The molecule has 0 bridgehead atoms. The van der Waals surface area contributed by atoms with Crippen LogP contribution in [0.3, 0.4) is 0 Å². The highest BCUT2D eigenvalue weighted by molar-refractivity contribution is 9.10. The van der Waals surface area contributed by atoms with Gasteiger partial charge in [-0.05, 0) is 28.9 Å². The first-order chi connectivity index (χ1) is 8.63. The molecule has 0 aliphatic carbocycles. The fraction of sp³-hybridized carbons (Fsp3) is 0.455. The van der Waals surface area contributed by atoms with E-state index in [0.717, 1.165) is 4.47 Å². The van der Waals surface area contributed by atoms with Crippen molar-refractivity contribution in [3.8, 4) is 0 Å². The van der Waals surface area contributed by atoms with Gasteiger partial charge in [0.25, 0.3) is 5.91 Å². The Kier molecular flexibility index (Phi) is 4.15. The summed E-state index contributed by atoms with van der Waals surface area (Å²) >= 11 is 3.31. The number of carbonyl (C=O) groups excluding carboxylic acids is 1. The van der Waals surface area contributed by atoms with E-state index in [-0.39, 0.29) is 11.9 Å². The van der Waals surface area contributed by atoms with E-state index >= 15 is 0 Å². The lowest BCUT2D eigenvalue weighted by Gasteiger charge is -2.33. The molecule has 0 spiro atoms. The number of ether oxygens (including phenoxy) is 1. The molecule has 1 atom stereocenters. The summed E-state index contributed by atoms with van der Waals surface area (Å²) < 4.78 is 6.06. The van der Waals surface area contributed by atoms with Gasteiger partial charge in [-0.1, -0.05) is 0 Å². The second-order valence-corrected chi connectivity index (χ2v) is 5.03. The number of rotatable bonds is 2. The maximum Gasteiger partial charge on any atom is 0.258 e. The van der Waals surface area contributed by atoms with Crippen LogP contribution in [0.1, 0.15) is 17.3 Å². The van der Waals surface area contributed by atoms with Crippen LogP contribution < -0.4 is 11.3 Å². The number of halogens is 1. The minimum atomic E-state index is -0.0902. The number of aromatic nitrogens is 1. The Bertz CT molecular complexity index is 455. The molecule has 1 fully saturated rings. The largest absolute Gasteiger partial charge is 0.377 e.